The van der Waals surface area contributed by atoms with Crippen LogP contribution in [0.15, 0.2) is 96.7 Å². The van der Waals surface area contributed by atoms with Gasteiger partial charge in [0.1, 0.15) is 0 Å². The number of benzene rings is 3. The van der Waals surface area contributed by atoms with Gasteiger partial charge in [0.25, 0.3) is 0 Å². The van der Waals surface area contributed by atoms with Gasteiger partial charge in [0.15, 0.2) is 11.0 Å². The van der Waals surface area contributed by atoms with E-state index in [0.717, 1.165) is 27.7 Å². The van der Waals surface area contributed by atoms with Gasteiger partial charge in [-0.2, -0.15) is 0 Å². The maximum absolute atomic E-state index is 13.0. The summed E-state index contributed by atoms with van der Waals surface area (Å²) in [6, 6.07) is 23.9. The molecule has 0 aliphatic carbocycles. The average molecular weight is 594 g/mol. The molecule has 2 heterocycles. The Balaban J connectivity index is 1.44. The summed E-state index contributed by atoms with van der Waals surface area (Å²) in [5.74, 6) is -1.13. The van der Waals surface area contributed by atoms with Crippen molar-refractivity contribution in [1.29, 1.82) is 0 Å². The monoisotopic (exact) mass is 593 g/mol. The van der Waals surface area contributed by atoms with E-state index in [0.29, 0.717) is 17.5 Å². The lowest BCUT2D eigenvalue weighted by atomic mass is 10.0. The molecule has 0 aliphatic heterocycles. The highest BCUT2D eigenvalue weighted by atomic mass is 32.2. The molecule has 1 N–H and O–H groups in total. The van der Waals surface area contributed by atoms with Crippen molar-refractivity contribution in [3.8, 4) is 22.6 Å². The van der Waals surface area contributed by atoms with E-state index in [-0.39, 0.29) is 22.6 Å². The Kier molecular flexibility index (Phi) is 8.92. The van der Waals surface area contributed by atoms with Crippen LogP contribution in [-0.2, 0) is 20.8 Å². The SMILES string of the molecule is C=CCn1c(SCC(=O)Nc2cc(C(=O)OC)ccc2C(=O)OC)nnc1-c1cc(-c2ccccc2)nc2ccccc12. The number of hydrogen-bond acceptors (Lipinski definition) is 9. The largest absolute Gasteiger partial charge is 0.465 e. The fourth-order valence-electron chi connectivity index (χ4n) is 4.50. The van der Waals surface area contributed by atoms with Gasteiger partial charge in [-0.3, -0.25) is 9.36 Å². The molecule has 0 unspecified atom stereocenters. The predicted octanol–water partition coefficient (Wildman–Crippen LogP) is 5.65. The summed E-state index contributed by atoms with van der Waals surface area (Å²) in [6.45, 7) is 4.29. The third-order valence-corrected chi connectivity index (χ3v) is 7.47. The van der Waals surface area contributed by atoms with Crippen molar-refractivity contribution in [2.45, 2.75) is 11.7 Å². The number of carbonyl (C=O) groups is 3. The van der Waals surface area contributed by atoms with Crippen LogP contribution in [0.4, 0.5) is 5.69 Å². The zero-order valence-electron chi connectivity index (χ0n) is 23.4. The molecule has 0 fully saturated rings. The van der Waals surface area contributed by atoms with Crippen molar-refractivity contribution in [3.05, 3.63) is 103 Å². The first-order valence-electron chi connectivity index (χ1n) is 13.2. The Morgan fingerprint density at radius 1 is 0.930 bits per heavy atom. The number of esters is 2. The first-order chi connectivity index (χ1) is 20.9. The zero-order chi connectivity index (χ0) is 30.3. The molecule has 0 saturated heterocycles. The Bertz CT molecular complexity index is 1840. The van der Waals surface area contributed by atoms with Crippen LogP contribution in [0, 0.1) is 0 Å². The van der Waals surface area contributed by atoms with E-state index >= 15 is 0 Å². The smallest absolute Gasteiger partial charge is 0.339 e. The lowest BCUT2D eigenvalue weighted by Crippen LogP contribution is -2.18. The zero-order valence-corrected chi connectivity index (χ0v) is 24.3. The first-order valence-corrected chi connectivity index (χ1v) is 14.1. The minimum atomic E-state index is -0.658. The van der Waals surface area contributed by atoms with Crippen molar-refractivity contribution in [3.63, 3.8) is 0 Å². The molecule has 0 spiro atoms. The second-order valence-corrected chi connectivity index (χ2v) is 10.2. The van der Waals surface area contributed by atoms with Crippen LogP contribution in [0.1, 0.15) is 20.7 Å². The molecule has 11 heteroatoms. The number of ether oxygens (including phenoxy) is 2. The molecule has 43 heavy (non-hydrogen) atoms. The lowest BCUT2D eigenvalue weighted by Gasteiger charge is -2.13. The van der Waals surface area contributed by atoms with Crippen molar-refractivity contribution >= 4 is 46.2 Å². The summed E-state index contributed by atoms with van der Waals surface area (Å²) < 4.78 is 11.5. The third-order valence-electron chi connectivity index (χ3n) is 6.51. The fourth-order valence-corrected chi connectivity index (χ4v) is 5.25. The maximum atomic E-state index is 13.0. The Labute approximate surface area is 251 Å². The van der Waals surface area contributed by atoms with Gasteiger partial charge in [0.2, 0.25) is 5.91 Å². The van der Waals surface area contributed by atoms with Crippen molar-refractivity contribution in [1.82, 2.24) is 19.7 Å². The van der Waals surface area contributed by atoms with Gasteiger partial charge in [0, 0.05) is 23.1 Å². The third kappa shape index (κ3) is 6.31. The molecule has 10 nitrogen and oxygen atoms in total. The summed E-state index contributed by atoms with van der Waals surface area (Å²) in [5, 5.41) is 13.0. The van der Waals surface area contributed by atoms with Gasteiger partial charge < -0.3 is 14.8 Å². The number of amides is 1. The van der Waals surface area contributed by atoms with E-state index in [1.54, 1.807) is 6.08 Å². The highest BCUT2D eigenvalue weighted by Gasteiger charge is 2.21. The Morgan fingerprint density at radius 2 is 1.67 bits per heavy atom. The molecule has 0 aliphatic rings. The van der Waals surface area contributed by atoms with Gasteiger partial charge >= 0.3 is 11.9 Å². The second kappa shape index (κ2) is 13.1. The number of nitrogens with one attached hydrogen (secondary N) is 1. The molecular formula is C32H27N5O5S. The number of rotatable bonds is 10. The van der Waals surface area contributed by atoms with Crippen molar-refractivity contribution in [2.24, 2.45) is 0 Å². The first kappa shape index (κ1) is 29.2. The molecule has 5 rings (SSSR count). The van der Waals surface area contributed by atoms with Crippen LogP contribution in [0.3, 0.4) is 0 Å². The number of hydrogen-bond donors (Lipinski definition) is 1. The number of methoxy groups -OCH3 is 2. The topological polar surface area (TPSA) is 125 Å². The number of pyridine rings is 1. The predicted molar refractivity (Wildman–Crippen MR) is 165 cm³/mol. The molecular weight excluding hydrogens is 566 g/mol. The van der Waals surface area contributed by atoms with Crippen LogP contribution in [-0.4, -0.2) is 57.6 Å². The van der Waals surface area contributed by atoms with Gasteiger partial charge in [0.05, 0.1) is 48.0 Å². The van der Waals surface area contributed by atoms with Crippen LogP contribution < -0.4 is 5.32 Å². The molecule has 0 saturated carbocycles. The number of aromatic nitrogens is 4. The number of fused-ring (bicyclic) bond motifs is 1. The van der Waals surface area contributed by atoms with Gasteiger partial charge in [-0.25, -0.2) is 14.6 Å². The number of para-hydroxylation sites is 1. The van der Waals surface area contributed by atoms with Crippen LogP contribution in [0.5, 0.6) is 0 Å². The normalized spacial score (nSPS) is 10.7. The van der Waals surface area contributed by atoms with E-state index in [4.69, 9.17) is 14.5 Å². The summed E-state index contributed by atoms with van der Waals surface area (Å²) in [5.41, 5.74) is 3.83. The fraction of sp³-hybridized carbons (Fsp3) is 0.125. The summed E-state index contributed by atoms with van der Waals surface area (Å²) in [4.78, 5) is 42.2. The summed E-state index contributed by atoms with van der Waals surface area (Å²) in [7, 11) is 2.48. The average Bonchev–Trinajstić information content (AvgIpc) is 3.45. The number of allylic oxidation sites excluding steroid dienone is 1. The van der Waals surface area contributed by atoms with Crippen LogP contribution in [0.2, 0.25) is 0 Å². The summed E-state index contributed by atoms with van der Waals surface area (Å²) >= 11 is 1.18. The van der Waals surface area contributed by atoms with Gasteiger partial charge in [-0.15, -0.1) is 16.8 Å². The van der Waals surface area contributed by atoms with E-state index in [9.17, 15) is 14.4 Å². The molecule has 0 bridgehead atoms. The Hall–Kier alpha value is -5.29. The molecule has 0 atom stereocenters. The van der Waals surface area contributed by atoms with Crippen LogP contribution >= 0.6 is 11.8 Å². The quantitative estimate of drug-likeness (QED) is 0.124. The molecule has 5 aromatic rings. The molecule has 216 valence electrons. The summed E-state index contributed by atoms with van der Waals surface area (Å²) in [6.07, 6.45) is 1.74. The molecule has 0 radical (unpaired) electrons. The Morgan fingerprint density at radius 3 is 2.42 bits per heavy atom. The standard InChI is InChI=1S/C32H27N5O5S/c1-4-16-37-29(24-18-26(20-10-6-5-7-11-20)33-25-13-9-8-12-22(24)25)35-36-32(37)43-19-28(38)34-27-17-21(30(39)41-2)14-15-23(27)31(40)42-3/h4-15,17-18H,1,16,19H2,2-3H3,(H,34,38). The maximum Gasteiger partial charge on any atom is 0.339 e. The highest BCUT2D eigenvalue weighted by molar-refractivity contribution is 7.99. The minimum absolute atomic E-state index is 0.0509. The number of carbonyl (C=O) groups excluding carboxylic acids is 3. The minimum Gasteiger partial charge on any atom is -0.465 e. The van der Waals surface area contributed by atoms with Crippen molar-refractivity contribution in [2.75, 3.05) is 25.3 Å². The molecule has 3 aromatic carbocycles. The van der Waals surface area contributed by atoms with Gasteiger partial charge in [-0.05, 0) is 30.3 Å². The molecule has 2 aromatic heterocycles. The second-order valence-electron chi connectivity index (χ2n) is 9.22. The number of anilines is 1. The van der Waals surface area contributed by atoms with E-state index < -0.39 is 17.8 Å². The van der Waals surface area contributed by atoms with E-state index in [1.165, 1.54) is 44.2 Å². The number of thioether (sulfide) groups is 1. The van der Waals surface area contributed by atoms with E-state index in [1.807, 2.05) is 65.2 Å². The number of nitrogens with zero attached hydrogens (tertiary/aromatic N) is 4. The van der Waals surface area contributed by atoms with Gasteiger partial charge in [-0.1, -0.05) is 66.4 Å². The van der Waals surface area contributed by atoms with Crippen LogP contribution in [0.25, 0.3) is 33.5 Å². The highest BCUT2D eigenvalue weighted by Crippen LogP contribution is 2.33. The van der Waals surface area contributed by atoms with Crippen molar-refractivity contribution < 1.29 is 23.9 Å². The lowest BCUT2D eigenvalue weighted by molar-refractivity contribution is -0.113. The van der Waals surface area contributed by atoms with E-state index in [2.05, 4.69) is 22.1 Å². The molecule has 1 amide bonds.